The van der Waals surface area contributed by atoms with Crippen LogP contribution in [0.25, 0.3) is 0 Å². The van der Waals surface area contributed by atoms with Gasteiger partial charge in [0.25, 0.3) is 0 Å². The first-order chi connectivity index (χ1) is 8.23. The fourth-order valence-corrected chi connectivity index (χ4v) is 2.66. The molecule has 1 heterocycles. The molecule has 0 atom stereocenters. The Morgan fingerprint density at radius 3 is 2.53 bits per heavy atom. The highest BCUT2D eigenvalue weighted by Crippen LogP contribution is 2.47. The molecule has 92 valence electrons. The van der Waals surface area contributed by atoms with Crippen LogP contribution in [0.3, 0.4) is 0 Å². The van der Waals surface area contributed by atoms with Crippen molar-refractivity contribution in [1.29, 1.82) is 0 Å². The van der Waals surface area contributed by atoms with Crippen LogP contribution in [0.4, 0.5) is 5.69 Å². The number of hydrogen-bond donors (Lipinski definition) is 1. The molecule has 17 heavy (non-hydrogen) atoms. The lowest BCUT2D eigenvalue weighted by atomic mass is 10.0. The van der Waals surface area contributed by atoms with Crippen LogP contribution in [-0.4, -0.2) is 20.2 Å². The topological polar surface area (TPSA) is 38.5 Å². The fourth-order valence-electron chi connectivity index (χ4n) is 2.66. The van der Waals surface area contributed by atoms with Crippen LogP contribution in [0, 0.1) is 0 Å². The van der Waals surface area contributed by atoms with Gasteiger partial charge in [-0.05, 0) is 43.9 Å². The molecule has 1 aliphatic heterocycles. The average Bonchev–Trinajstić information content (AvgIpc) is 2.91. The Bertz CT molecular complexity index is 420. The third-order valence-corrected chi connectivity index (χ3v) is 3.98. The van der Waals surface area contributed by atoms with Crippen LogP contribution in [0.1, 0.15) is 31.2 Å². The SMILES string of the molecule is COc1ccc(N2CCCC2)cc1C1(N)CC1. The molecule has 0 unspecified atom stereocenters. The smallest absolute Gasteiger partial charge is 0.124 e. The summed E-state index contributed by atoms with van der Waals surface area (Å²) in [5.74, 6) is 0.938. The summed E-state index contributed by atoms with van der Waals surface area (Å²) >= 11 is 0. The van der Waals surface area contributed by atoms with E-state index in [9.17, 15) is 0 Å². The Morgan fingerprint density at radius 2 is 1.94 bits per heavy atom. The molecule has 1 saturated heterocycles. The van der Waals surface area contributed by atoms with Crippen LogP contribution < -0.4 is 15.4 Å². The normalized spacial score (nSPS) is 21.6. The zero-order chi connectivity index (χ0) is 11.9. The van der Waals surface area contributed by atoms with Gasteiger partial charge >= 0.3 is 0 Å². The molecule has 2 fully saturated rings. The number of hydrogen-bond acceptors (Lipinski definition) is 3. The predicted molar refractivity (Wildman–Crippen MR) is 69.5 cm³/mol. The summed E-state index contributed by atoms with van der Waals surface area (Å²) in [4.78, 5) is 2.44. The predicted octanol–water partition coefficient (Wildman–Crippen LogP) is 2.24. The summed E-state index contributed by atoms with van der Waals surface area (Å²) in [5, 5.41) is 0. The molecule has 0 aromatic heterocycles. The third-order valence-electron chi connectivity index (χ3n) is 3.98. The molecular weight excluding hydrogens is 212 g/mol. The van der Waals surface area contributed by atoms with Crippen molar-refractivity contribution in [3.8, 4) is 5.75 Å². The summed E-state index contributed by atoms with van der Waals surface area (Å²) in [6, 6.07) is 6.45. The molecule has 3 rings (SSSR count). The summed E-state index contributed by atoms with van der Waals surface area (Å²) in [5.41, 5.74) is 8.67. The Labute approximate surface area is 103 Å². The lowest BCUT2D eigenvalue weighted by Crippen LogP contribution is -2.22. The van der Waals surface area contributed by atoms with Gasteiger partial charge in [-0.15, -0.1) is 0 Å². The van der Waals surface area contributed by atoms with Gasteiger partial charge in [0.1, 0.15) is 5.75 Å². The van der Waals surface area contributed by atoms with Gasteiger partial charge in [-0.3, -0.25) is 0 Å². The van der Waals surface area contributed by atoms with E-state index in [0.29, 0.717) is 0 Å². The van der Waals surface area contributed by atoms with Gasteiger partial charge in [-0.1, -0.05) is 0 Å². The quantitative estimate of drug-likeness (QED) is 0.868. The zero-order valence-corrected chi connectivity index (χ0v) is 10.4. The van der Waals surface area contributed by atoms with Gasteiger partial charge in [0.15, 0.2) is 0 Å². The number of methoxy groups -OCH3 is 1. The minimum Gasteiger partial charge on any atom is -0.496 e. The van der Waals surface area contributed by atoms with E-state index >= 15 is 0 Å². The molecule has 3 nitrogen and oxygen atoms in total. The monoisotopic (exact) mass is 232 g/mol. The molecule has 2 aliphatic rings. The van der Waals surface area contributed by atoms with Gasteiger partial charge in [-0.2, -0.15) is 0 Å². The van der Waals surface area contributed by atoms with E-state index in [4.69, 9.17) is 10.5 Å². The zero-order valence-electron chi connectivity index (χ0n) is 10.4. The Morgan fingerprint density at radius 1 is 1.24 bits per heavy atom. The first kappa shape index (κ1) is 10.9. The van der Waals surface area contributed by atoms with Crippen LogP contribution in [0.15, 0.2) is 18.2 Å². The van der Waals surface area contributed by atoms with E-state index in [0.717, 1.165) is 18.6 Å². The number of ether oxygens (including phenoxy) is 1. The highest BCUT2D eigenvalue weighted by molar-refractivity contribution is 5.56. The summed E-state index contributed by atoms with van der Waals surface area (Å²) < 4.78 is 5.43. The molecule has 0 amide bonds. The highest BCUT2D eigenvalue weighted by atomic mass is 16.5. The van der Waals surface area contributed by atoms with Crippen molar-refractivity contribution in [2.24, 2.45) is 5.73 Å². The molecule has 0 bridgehead atoms. The van der Waals surface area contributed by atoms with Crippen molar-refractivity contribution in [1.82, 2.24) is 0 Å². The van der Waals surface area contributed by atoms with Crippen molar-refractivity contribution in [3.05, 3.63) is 23.8 Å². The lowest BCUT2D eigenvalue weighted by molar-refractivity contribution is 0.404. The van der Waals surface area contributed by atoms with Gasteiger partial charge in [0.2, 0.25) is 0 Å². The second kappa shape index (κ2) is 3.91. The van der Waals surface area contributed by atoms with E-state index in [1.807, 2.05) is 0 Å². The van der Waals surface area contributed by atoms with E-state index in [2.05, 4.69) is 23.1 Å². The van der Waals surface area contributed by atoms with Crippen molar-refractivity contribution in [2.45, 2.75) is 31.2 Å². The minimum absolute atomic E-state index is 0.124. The molecule has 1 saturated carbocycles. The number of benzene rings is 1. The van der Waals surface area contributed by atoms with Gasteiger partial charge in [-0.25, -0.2) is 0 Å². The summed E-state index contributed by atoms with van der Waals surface area (Å²) in [6.07, 6.45) is 4.75. The van der Waals surface area contributed by atoms with Gasteiger partial charge in [0, 0.05) is 29.9 Å². The second-order valence-electron chi connectivity index (χ2n) is 5.23. The van der Waals surface area contributed by atoms with E-state index < -0.39 is 0 Å². The van der Waals surface area contributed by atoms with Gasteiger partial charge in [0.05, 0.1) is 7.11 Å². The molecule has 0 spiro atoms. The molecule has 1 aromatic rings. The first-order valence-electron chi connectivity index (χ1n) is 6.45. The van der Waals surface area contributed by atoms with E-state index in [1.54, 1.807) is 7.11 Å². The number of rotatable bonds is 3. The second-order valence-corrected chi connectivity index (χ2v) is 5.23. The fraction of sp³-hybridized carbons (Fsp3) is 0.571. The van der Waals surface area contributed by atoms with Crippen molar-refractivity contribution >= 4 is 5.69 Å². The standard InChI is InChI=1S/C14H20N2O/c1-17-13-5-4-11(16-8-2-3-9-16)10-12(13)14(15)6-7-14/h4-5,10H,2-3,6-9,15H2,1H3. The number of nitrogens with zero attached hydrogens (tertiary/aromatic N) is 1. The average molecular weight is 232 g/mol. The highest BCUT2D eigenvalue weighted by Gasteiger charge is 2.42. The van der Waals surface area contributed by atoms with Gasteiger partial charge < -0.3 is 15.4 Å². The van der Waals surface area contributed by atoms with Crippen LogP contribution >= 0.6 is 0 Å². The van der Waals surface area contributed by atoms with Crippen LogP contribution in [0.5, 0.6) is 5.75 Å². The van der Waals surface area contributed by atoms with E-state index in [1.165, 1.54) is 37.2 Å². The van der Waals surface area contributed by atoms with E-state index in [-0.39, 0.29) is 5.54 Å². The number of nitrogens with two attached hydrogens (primary N) is 1. The number of anilines is 1. The lowest BCUT2D eigenvalue weighted by Gasteiger charge is -2.21. The summed E-state index contributed by atoms with van der Waals surface area (Å²) in [7, 11) is 1.72. The molecule has 1 aliphatic carbocycles. The first-order valence-corrected chi connectivity index (χ1v) is 6.45. The molecule has 1 aromatic carbocycles. The maximum atomic E-state index is 6.31. The minimum atomic E-state index is -0.124. The Balaban J connectivity index is 1.96. The maximum Gasteiger partial charge on any atom is 0.124 e. The molecule has 2 N–H and O–H groups in total. The van der Waals surface area contributed by atoms with Crippen molar-refractivity contribution in [2.75, 3.05) is 25.1 Å². The van der Waals surface area contributed by atoms with Crippen LogP contribution in [0.2, 0.25) is 0 Å². The van der Waals surface area contributed by atoms with Crippen molar-refractivity contribution < 1.29 is 4.74 Å². The largest absolute Gasteiger partial charge is 0.496 e. The molecular formula is C14H20N2O. The third kappa shape index (κ3) is 1.89. The summed E-state index contributed by atoms with van der Waals surface area (Å²) in [6.45, 7) is 2.34. The van der Waals surface area contributed by atoms with Crippen LogP contribution in [-0.2, 0) is 5.54 Å². The Hall–Kier alpha value is -1.22. The molecule has 3 heteroatoms. The molecule has 0 radical (unpaired) electrons. The Kier molecular flexibility index (Phi) is 2.51. The van der Waals surface area contributed by atoms with Crippen molar-refractivity contribution in [3.63, 3.8) is 0 Å². The maximum absolute atomic E-state index is 6.31.